The second kappa shape index (κ2) is 5.43. The van der Waals surface area contributed by atoms with Crippen molar-refractivity contribution in [3.05, 3.63) is 63.2 Å². The number of amides is 1. The van der Waals surface area contributed by atoms with Crippen LogP contribution in [0.25, 0.3) is 0 Å². The van der Waals surface area contributed by atoms with Crippen molar-refractivity contribution in [2.75, 3.05) is 5.32 Å². The molecule has 0 bridgehead atoms. The maximum atomic E-state index is 13.5. The molecule has 0 saturated carbocycles. The minimum atomic E-state index is -0.502. The van der Waals surface area contributed by atoms with Crippen LogP contribution in [0.15, 0.2) is 42.5 Å². The Bertz CT molecular complexity index is 584. The van der Waals surface area contributed by atoms with Gasteiger partial charge < -0.3 is 5.32 Å². The number of carbonyl (C=O) groups excluding carboxylic acids is 1. The fourth-order valence-electron chi connectivity index (χ4n) is 1.39. The number of anilines is 1. The fourth-order valence-corrected chi connectivity index (χ4v) is 1.84. The molecule has 0 aliphatic rings. The summed E-state index contributed by atoms with van der Waals surface area (Å²) in [5, 5.41) is 2.43. The zero-order valence-corrected chi connectivity index (χ0v) is 11.2. The van der Waals surface area contributed by atoms with Crippen molar-refractivity contribution in [2.45, 2.75) is 0 Å². The SMILES string of the molecule is O=C(Nc1ccc(I)cc1F)c1ccc(F)cc1. The normalized spacial score (nSPS) is 10.2. The highest BCUT2D eigenvalue weighted by atomic mass is 127. The topological polar surface area (TPSA) is 29.1 Å². The van der Waals surface area contributed by atoms with Gasteiger partial charge >= 0.3 is 0 Å². The summed E-state index contributed by atoms with van der Waals surface area (Å²) in [5.41, 5.74) is 0.374. The zero-order valence-electron chi connectivity index (χ0n) is 9.08. The van der Waals surface area contributed by atoms with Crippen molar-refractivity contribution in [1.29, 1.82) is 0 Å². The molecule has 0 unspecified atom stereocenters. The maximum absolute atomic E-state index is 13.5. The minimum Gasteiger partial charge on any atom is -0.319 e. The summed E-state index contributed by atoms with van der Waals surface area (Å²) in [7, 11) is 0. The first-order valence-electron chi connectivity index (χ1n) is 5.08. The summed E-state index contributed by atoms with van der Waals surface area (Å²) < 4.78 is 26.9. The molecule has 0 radical (unpaired) electrons. The highest BCUT2D eigenvalue weighted by molar-refractivity contribution is 14.1. The van der Waals surface area contributed by atoms with E-state index in [0.29, 0.717) is 0 Å². The van der Waals surface area contributed by atoms with E-state index in [9.17, 15) is 13.6 Å². The number of hydrogen-bond acceptors (Lipinski definition) is 1. The van der Waals surface area contributed by atoms with Crippen LogP contribution in [0.3, 0.4) is 0 Å². The molecule has 18 heavy (non-hydrogen) atoms. The number of nitrogens with one attached hydrogen (secondary N) is 1. The average molecular weight is 359 g/mol. The van der Waals surface area contributed by atoms with Gasteiger partial charge in [0.2, 0.25) is 0 Å². The van der Waals surface area contributed by atoms with E-state index >= 15 is 0 Å². The quantitative estimate of drug-likeness (QED) is 0.812. The molecule has 1 N–H and O–H groups in total. The summed E-state index contributed by atoms with van der Waals surface area (Å²) in [6.07, 6.45) is 0. The van der Waals surface area contributed by atoms with Crippen LogP contribution in [-0.4, -0.2) is 5.91 Å². The van der Waals surface area contributed by atoms with Crippen molar-refractivity contribution in [3.8, 4) is 0 Å². The Morgan fingerprint density at radius 3 is 2.33 bits per heavy atom. The van der Waals surface area contributed by atoms with Gasteiger partial charge in [0.15, 0.2) is 0 Å². The third kappa shape index (κ3) is 3.04. The Labute approximate surface area is 116 Å². The van der Waals surface area contributed by atoms with Crippen molar-refractivity contribution in [2.24, 2.45) is 0 Å². The molecule has 0 aliphatic carbocycles. The van der Waals surface area contributed by atoms with Gasteiger partial charge in [-0.2, -0.15) is 0 Å². The predicted molar refractivity (Wildman–Crippen MR) is 73.5 cm³/mol. The lowest BCUT2D eigenvalue weighted by molar-refractivity contribution is 0.102. The first-order valence-corrected chi connectivity index (χ1v) is 6.16. The summed E-state index contributed by atoms with van der Waals surface area (Å²) >= 11 is 1.98. The summed E-state index contributed by atoms with van der Waals surface area (Å²) in [5.74, 6) is -1.40. The molecular formula is C13H8F2INO. The lowest BCUT2D eigenvalue weighted by Gasteiger charge is -2.06. The van der Waals surface area contributed by atoms with Gasteiger partial charge in [-0.3, -0.25) is 4.79 Å². The average Bonchev–Trinajstić information content (AvgIpc) is 2.33. The minimum absolute atomic E-state index is 0.102. The number of rotatable bonds is 2. The summed E-state index contributed by atoms with van der Waals surface area (Å²) in [6, 6.07) is 9.53. The van der Waals surface area contributed by atoms with Crippen molar-refractivity contribution in [3.63, 3.8) is 0 Å². The fraction of sp³-hybridized carbons (Fsp3) is 0. The standard InChI is InChI=1S/C13H8F2INO/c14-9-3-1-8(2-4-9)13(18)17-12-6-5-10(16)7-11(12)15/h1-7H,(H,17,18). The van der Waals surface area contributed by atoms with E-state index in [1.165, 1.54) is 36.4 Å². The molecule has 2 aromatic rings. The Kier molecular flexibility index (Phi) is 3.90. The Morgan fingerprint density at radius 2 is 1.72 bits per heavy atom. The molecule has 2 rings (SSSR count). The molecule has 2 nitrogen and oxygen atoms in total. The Hall–Kier alpha value is -1.50. The van der Waals surface area contributed by atoms with E-state index in [1.807, 2.05) is 22.6 Å². The number of carbonyl (C=O) groups is 1. The smallest absolute Gasteiger partial charge is 0.255 e. The van der Waals surface area contributed by atoms with Crippen LogP contribution in [0.5, 0.6) is 0 Å². The molecule has 1 amide bonds. The van der Waals surface area contributed by atoms with Gasteiger partial charge in [0, 0.05) is 9.13 Å². The monoisotopic (exact) mass is 359 g/mol. The zero-order chi connectivity index (χ0) is 13.1. The van der Waals surface area contributed by atoms with E-state index in [-0.39, 0.29) is 11.3 Å². The highest BCUT2D eigenvalue weighted by Gasteiger charge is 2.09. The van der Waals surface area contributed by atoms with E-state index in [4.69, 9.17) is 0 Å². The Morgan fingerprint density at radius 1 is 1.06 bits per heavy atom. The van der Waals surface area contributed by atoms with Gasteiger partial charge in [0.05, 0.1) is 5.69 Å². The van der Waals surface area contributed by atoms with Gasteiger partial charge in [-0.05, 0) is 65.1 Å². The van der Waals surface area contributed by atoms with E-state index in [0.717, 1.165) is 3.57 Å². The van der Waals surface area contributed by atoms with Crippen LogP contribution in [-0.2, 0) is 0 Å². The van der Waals surface area contributed by atoms with Gasteiger partial charge in [-0.15, -0.1) is 0 Å². The maximum Gasteiger partial charge on any atom is 0.255 e. The Balaban J connectivity index is 2.18. The van der Waals surface area contributed by atoms with Gasteiger partial charge in [-0.1, -0.05) is 0 Å². The van der Waals surface area contributed by atoms with Crippen molar-refractivity contribution >= 4 is 34.2 Å². The van der Waals surface area contributed by atoms with Gasteiger partial charge in [0.25, 0.3) is 5.91 Å². The largest absolute Gasteiger partial charge is 0.319 e. The van der Waals surface area contributed by atoms with Crippen LogP contribution < -0.4 is 5.32 Å². The third-order valence-electron chi connectivity index (χ3n) is 2.29. The van der Waals surface area contributed by atoms with Crippen LogP contribution in [0.4, 0.5) is 14.5 Å². The first kappa shape index (κ1) is 12.9. The lowest BCUT2D eigenvalue weighted by atomic mass is 10.2. The van der Waals surface area contributed by atoms with E-state index < -0.39 is 17.5 Å². The second-order valence-electron chi connectivity index (χ2n) is 3.59. The molecule has 92 valence electrons. The van der Waals surface area contributed by atoms with E-state index in [2.05, 4.69) is 5.32 Å². The van der Waals surface area contributed by atoms with Gasteiger partial charge in [0.1, 0.15) is 11.6 Å². The molecule has 0 fully saturated rings. The molecule has 5 heteroatoms. The molecule has 0 aliphatic heterocycles. The second-order valence-corrected chi connectivity index (χ2v) is 4.83. The third-order valence-corrected chi connectivity index (χ3v) is 2.96. The molecule has 0 aromatic heterocycles. The number of benzene rings is 2. The van der Waals surface area contributed by atoms with Crippen molar-refractivity contribution in [1.82, 2.24) is 0 Å². The number of hydrogen-bond donors (Lipinski definition) is 1. The van der Waals surface area contributed by atoms with E-state index in [1.54, 1.807) is 6.07 Å². The molecule has 0 heterocycles. The first-order chi connectivity index (χ1) is 8.56. The van der Waals surface area contributed by atoms with Crippen molar-refractivity contribution < 1.29 is 13.6 Å². The molecular weight excluding hydrogens is 351 g/mol. The van der Waals surface area contributed by atoms with Crippen LogP contribution in [0.1, 0.15) is 10.4 Å². The highest BCUT2D eigenvalue weighted by Crippen LogP contribution is 2.18. The summed E-state index contributed by atoms with van der Waals surface area (Å²) in [4.78, 5) is 11.8. The molecule has 2 aromatic carbocycles. The lowest BCUT2D eigenvalue weighted by Crippen LogP contribution is -2.13. The number of halogens is 3. The van der Waals surface area contributed by atoms with Crippen LogP contribution in [0.2, 0.25) is 0 Å². The predicted octanol–water partition coefficient (Wildman–Crippen LogP) is 3.82. The molecule has 0 spiro atoms. The van der Waals surface area contributed by atoms with Crippen LogP contribution in [0, 0.1) is 15.2 Å². The molecule has 0 saturated heterocycles. The molecule has 0 atom stereocenters. The van der Waals surface area contributed by atoms with Crippen LogP contribution >= 0.6 is 22.6 Å². The van der Waals surface area contributed by atoms with Gasteiger partial charge in [-0.25, -0.2) is 8.78 Å². The summed E-state index contributed by atoms with van der Waals surface area (Å²) in [6.45, 7) is 0.